The lowest BCUT2D eigenvalue weighted by Crippen LogP contribution is -2.47. The highest BCUT2D eigenvalue weighted by molar-refractivity contribution is 5.76. The van der Waals surface area contributed by atoms with E-state index in [0.717, 1.165) is 45.7 Å². The molecule has 1 aromatic carbocycles. The Balaban J connectivity index is 1.54. The van der Waals surface area contributed by atoms with Crippen molar-refractivity contribution in [2.45, 2.75) is 32.4 Å². The Hall–Kier alpha value is -1.39. The third-order valence-corrected chi connectivity index (χ3v) is 4.71. The normalized spacial score (nSPS) is 22.9. The summed E-state index contributed by atoms with van der Waals surface area (Å²) in [4.78, 5) is 16.7. The number of nitrogens with one attached hydrogen (secondary N) is 1. The Morgan fingerprint density at radius 2 is 1.95 bits per heavy atom. The largest absolute Gasteiger partial charge is 0.340 e. The van der Waals surface area contributed by atoms with Crippen molar-refractivity contribution in [1.82, 2.24) is 15.1 Å². The van der Waals surface area contributed by atoms with Crippen molar-refractivity contribution in [3.05, 3.63) is 35.4 Å². The predicted molar refractivity (Wildman–Crippen MR) is 84.1 cm³/mol. The molecule has 4 heteroatoms. The van der Waals surface area contributed by atoms with Gasteiger partial charge in [-0.25, -0.2) is 0 Å². The summed E-state index contributed by atoms with van der Waals surface area (Å²) >= 11 is 0. The van der Waals surface area contributed by atoms with Crippen LogP contribution in [0.2, 0.25) is 0 Å². The fraction of sp³-hybridized carbons (Fsp3) is 0.588. The lowest BCUT2D eigenvalue weighted by Gasteiger charge is -2.35. The third-order valence-electron chi connectivity index (χ3n) is 4.71. The Morgan fingerprint density at radius 1 is 1.24 bits per heavy atom. The third kappa shape index (κ3) is 3.44. The lowest BCUT2D eigenvalue weighted by atomic mass is 9.95. The highest BCUT2D eigenvalue weighted by atomic mass is 16.2. The van der Waals surface area contributed by atoms with Gasteiger partial charge in [0.15, 0.2) is 0 Å². The molecule has 4 nitrogen and oxygen atoms in total. The zero-order valence-corrected chi connectivity index (χ0v) is 12.8. The maximum Gasteiger partial charge on any atom is 0.223 e. The molecule has 2 heterocycles. The molecule has 1 atom stereocenters. The number of rotatable bonds is 3. The molecule has 0 aromatic heterocycles. The van der Waals surface area contributed by atoms with E-state index < -0.39 is 0 Å². The molecule has 114 valence electrons. The van der Waals surface area contributed by atoms with Crippen LogP contribution in [-0.2, 0) is 17.8 Å². The van der Waals surface area contributed by atoms with Gasteiger partial charge in [-0.05, 0) is 24.5 Å². The maximum absolute atomic E-state index is 12.3. The first kappa shape index (κ1) is 14.5. The van der Waals surface area contributed by atoms with Gasteiger partial charge < -0.3 is 10.2 Å². The summed E-state index contributed by atoms with van der Waals surface area (Å²) in [5, 5.41) is 3.29. The van der Waals surface area contributed by atoms with Crippen LogP contribution in [-0.4, -0.2) is 54.5 Å². The molecule has 1 unspecified atom stereocenters. The number of benzene rings is 1. The van der Waals surface area contributed by atoms with E-state index in [2.05, 4.69) is 41.4 Å². The number of hydrogen-bond donors (Lipinski definition) is 1. The van der Waals surface area contributed by atoms with Crippen LogP contribution in [0.25, 0.3) is 0 Å². The summed E-state index contributed by atoms with van der Waals surface area (Å²) in [6.45, 7) is 7.70. The van der Waals surface area contributed by atoms with E-state index in [-0.39, 0.29) is 0 Å². The average Bonchev–Trinajstić information content (AvgIpc) is 2.53. The molecule has 2 aliphatic rings. The Kier molecular flexibility index (Phi) is 4.56. The minimum absolute atomic E-state index is 0.308. The van der Waals surface area contributed by atoms with Crippen LogP contribution in [0, 0.1) is 0 Å². The maximum atomic E-state index is 12.3. The highest BCUT2D eigenvalue weighted by Crippen LogP contribution is 2.23. The second-order valence-corrected chi connectivity index (χ2v) is 6.17. The van der Waals surface area contributed by atoms with Crippen molar-refractivity contribution in [2.24, 2.45) is 0 Å². The van der Waals surface area contributed by atoms with Crippen molar-refractivity contribution >= 4 is 5.91 Å². The van der Waals surface area contributed by atoms with Crippen molar-refractivity contribution in [2.75, 3.05) is 32.7 Å². The SMILES string of the molecule is CC1Cc2ccccc2CN1CCC(=O)N1CCNCC1. The molecule has 1 fully saturated rings. The highest BCUT2D eigenvalue weighted by Gasteiger charge is 2.24. The summed E-state index contributed by atoms with van der Waals surface area (Å²) in [5.41, 5.74) is 2.89. The lowest BCUT2D eigenvalue weighted by molar-refractivity contribution is -0.132. The van der Waals surface area contributed by atoms with Gasteiger partial charge in [0.05, 0.1) is 0 Å². The Labute approximate surface area is 127 Å². The van der Waals surface area contributed by atoms with Crippen LogP contribution < -0.4 is 5.32 Å². The number of amides is 1. The second-order valence-electron chi connectivity index (χ2n) is 6.17. The van der Waals surface area contributed by atoms with Crippen LogP contribution in [0.1, 0.15) is 24.5 Å². The molecule has 2 aliphatic heterocycles. The molecule has 0 bridgehead atoms. The van der Waals surface area contributed by atoms with Crippen LogP contribution in [0.15, 0.2) is 24.3 Å². The number of fused-ring (bicyclic) bond motifs is 1. The molecule has 0 spiro atoms. The van der Waals surface area contributed by atoms with Crippen molar-refractivity contribution in [3.63, 3.8) is 0 Å². The van der Waals surface area contributed by atoms with E-state index in [1.165, 1.54) is 11.1 Å². The summed E-state index contributed by atoms with van der Waals surface area (Å²) in [5.74, 6) is 0.308. The topological polar surface area (TPSA) is 35.6 Å². The van der Waals surface area contributed by atoms with Gasteiger partial charge in [-0.2, -0.15) is 0 Å². The first-order valence-corrected chi connectivity index (χ1v) is 8.03. The Bertz CT molecular complexity index is 497. The summed E-state index contributed by atoms with van der Waals surface area (Å²) in [7, 11) is 0. The smallest absolute Gasteiger partial charge is 0.223 e. The van der Waals surface area contributed by atoms with Gasteiger partial charge in [-0.15, -0.1) is 0 Å². The number of carbonyl (C=O) groups is 1. The summed E-state index contributed by atoms with van der Waals surface area (Å²) < 4.78 is 0. The van der Waals surface area contributed by atoms with Crippen molar-refractivity contribution in [3.8, 4) is 0 Å². The predicted octanol–water partition coefficient (Wildman–Crippen LogP) is 1.26. The minimum Gasteiger partial charge on any atom is -0.340 e. The van der Waals surface area contributed by atoms with Crippen LogP contribution >= 0.6 is 0 Å². The molecule has 1 saturated heterocycles. The van der Waals surface area contributed by atoms with Crippen LogP contribution in [0.5, 0.6) is 0 Å². The molecular formula is C17H25N3O. The van der Waals surface area contributed by atoms with Gasteiger partial charge in [0.1, 0.15) is 0 Å². The van der Waals surface area contributed by atoms with Crippen LogP contribution in [0.4, 0.5) is 0 Å². The van der Waals surface area contributed by atoms with Gasteiger partial charge in [0.25, 0.3) is 0 Å². The van der Waals surface area contributed by atoms with E-state index >= 15 is 0 Å². The van der Waals surface area contributed by atoms with E-state index in [0.29, 0.717) is 18.4 Å². The molecule has 1 amide bonds. The molecule has 21 heavy (non-hydrogen) atoms. The molecule has 0 radical (unpaired) electrons. The quantitative estimate of drug-likeness (QED) is 0.909. The summed E-state index contributed by atoms with van der Waals surface area (Å²) in [6, 6.07) is 9.20. The number of piperazine rings is 1. The first-order chi connectivity index (χ1) is 10.2. The van der Waals surface area contributed by atoms with E-state index in [1.807, 2.05) is 4.90 Å². The standard InChI is InChI=1S/C17H25N3O/c1-14-12-15-4-2-3-5-16(15)13-20(14)9-6-17(21)19-10-7-18-8-11-19/h2-5,14,18H,6-13H2,1H3. The molecule has 3 rings (SSSR count). The second kappa shape index (κ2) is 6.58. The molecule has 0 saturated carbocycles. The number of carbonyl (C=O) groups excluding carboxylic acids is 1. The van der Waals surface area contributed by atoms with Gasteiger partial charge in [-0.1, -0.05) is 24.3 Å². The van der Waals surface area contributed by atoms with Crippen LogP contribution in [0.3, 0.4) is 0 Å². The average molecular weight is 287 g/mol. The minimum atomic E-state index is 0.308. The van der Waals surface area contributed by atoms with Gasteiger partial charge in [0, 0.05) is 51.7 Å². The van der Waals surface area contributed by atoms with Gasteiger partial charge >= 0.3 is 0 Å². The van der Waals surface area contributed by atoms with E-state index in [1.54, 1.807) is 0 Å². The fourth-order valence-electron chi connectivity index (χ4n) is 3.34. The Morgan fingerprint density at radius 3 is 2.71 bits per heavy atom. The zero-order valence-electron chi connectivity index (χ0n) is 12.8. The first-order valence-electron chi connectivity index (χ1n) is 8.03. The fourth-order valence-corrected chi connectivity index (χ4v) is 3.34. The van der Waals surface area contributed by atoms with Gasteiger partial charge in [0.2, 0.25) is 5.91 Å². The van der Waals surface area contributed by atoms with Crippen molar-refractivity contribution < 1.29 is 4.79 Å². The molecular weight excluding hydrogens is 262 g/mol. The van der Waals surface area contributed by atoms with E-state index in [4.69, 9.17) is 0 Å². The zero-order chi connectivity index (χ0) is 14.7. The summed E-state index contributed by atoms with van der Waals surface area (Å²) in [6.07, 6.45) is 1.74. The number of hydrogen-bond acceptors (Lipinski definition) is 3. The molecule has 1 aromatic rings. The van der Waals surface area contributed by atoms with E-state index in [9.17, 15) is 4.79 Å². The number of nitrogens with zero attached hydrogens (tertiary/aromatic N) is 2. The monoisotopic (exact) mass is 287 g/mol. The van der Waals surface area contributed by atoms with Gasteiger partial charge in [-0.3, -0.25) is 9.69 Å². The molecule has 0 aliphatic carbocycles. The van der Waals surface area contributed by atoms with Crippen molar-refractivity contribution in [1.29, 1.82) is 0 Å². The molecule has 1 N–H and O–H groups in total.